The summed E-state index contributed by atoms with van der Waals surface area (Å²) in [6, 6.07) is 13.0. The number of hydrogen-bond acceptors (Lipinski definition) is 4. The van der Waals surface area contributed by atoms with E-state index in [2.05, 4.69) is 9.88 Å². The van der Waals surface area contributed by atoms with E-state index in [4.69, 9.17) is 11.6 Å². The summed E-state index contributed by atoms with van der Waals surface area (Å²) < 4.78 is 3.54. The molecule has 138 valence electrons. The van der Waals surface area contributed by atoms with Gasteiger partial charge < -0.3 is 5.11 Å². The zero-order valence-corrected chi connectivity index (χ0v) is 15.7. The lowest BCUT2D eigenvalue weighted by atomic mass is 10.1. The largest absolute Gasteiger partial charge is 0.483 e. The number of anilines is 1. The lowest BCUT2D eigenvalue weighted by molar-refractivity contribution is -0.680. The quantitative estimate of drug-likeness (QED) is 0.555. The number of pyridine rings is 1. The molecule has 2 aromatic heterocycles. The molecule has 1 aliphatic rings. The maximum absolute atomic E-state index is 13.2. The predicted molar refractivity (Wildman–Crippen MR) is 104 cm³/mol. The first kappa shape index (κ1) is 17.5. The molecule has 0 amide bonds. The van der Waals surface area contributed by atoms with Gasteiger partial charge in [-0.05, 0) is 18.6 Å². The van der Waals surface area contributed by atoms with Crippen molar-refractivity contribution >= 4 is 17.5 Å². The van der Waals surface area contributed by atoms with Crippen LogP contribution in [0.4, 0.5) is 5.95 Å². The van der Waals surface area contributed by atoms with Crippen molar-refractivity contribution in [3.05, 3.63) is 69.7 Å². The Balaban J connectivity index is 1.82. The van der Waals surface area contributed by atoms with Gasteiger partial charge >= 0.3 is 11.5 Å². The molecule has 0 fully saturated rings. The van der Waals surface area contributed by atoms with Gasteiger partial charge in [0.05, 0.1) is 19.6 Å². The molecule has 0 saturated heterocycles. The Kier molecular flexibility index (Phi) is 4.58. The molecule has 0 saturated carbocycles. The van der Waals surface area contributed by atoms with Crippen LogP contribution >= 0.6 is 11.6 Å². The first-order valence-corrected chi connectivity index (χ1v) is 9.28. The van der Waals surface area contributed by atoms with Crippen molar-refractivity contribution in [3.63, 3.8) is 0 Å². The Morgan fingerprint density at radius 1 is 1.22 bits per heavy atom. The average molecular weight is 384 g/mol. The highest BCUT2D eigenvalue weighted by atomic mass is 35.5. The number of aromatic hydroxyl groups is 1. The Morgan fingerprint density at radius 2 is 2.00 bits per heavy atom. The van der Waals surface area contributed by atoms with Crippen LogP contribution in [0.25, 0.3) is 11.1 Å². The molecule has 0 radical (unpaired) electrons. The topological polar surface area (TPSA) is 62.2 Å². The fourth-order valence-corrected chi connectivity index (χ4v) is 3.69. The molecule has 3 aromatic rings. The van der Waals surface area contributed by atoms with Gasteiger partial charge in [-0.3, -0.25) is 4.90 Å². The van der Waals surface area contributed by atoms with Crippen LogP contribution in [0.2, 0.25) is 5.15 Å². The number of rotatable bonds is 4. The van der Waals surface area contributed by atoms with E-state index >= 15 is 0 Å². The Labute approximate surface area is 161 Å². The summed E-state index contributed by atoms with van der Waals surface area (Å²) in [5.41, 5.74) is 1.87. The first-order valence-electron chi connectivity index (χ1n) is 8.90. The molecule has 0 atom stereocenters. The second-order valence-electron chi connectivity index (χ2n) is 6.48. The van der Waals surface area contributed by atoms with Crippen LogP contribution in [-0.4, -0.2) is 21.2 Å². The molecule has 6 nitrogen and oxygen atoms in total. The van der Waals surface area contributed by atoms with E-state index in [9.17, 15) is 9.90 Å². The minimum Gasteiger partial charge on any atom is -0.483 e. The number of halogens is 1. The summed E-state index contributed by atoms with van der Waals surface area (Å²) in [5, 5.41) is 11.3. The van der Waals surface area contributed by atoms with Crippen molar-refractivity contribution < 1.29 is 9.67 Å². The molecule has 0 spiro atoms. The van der Waals surface area contributed by atoms with E-state index in [1.54, 1.807) is 16.8 Å². The number of benzene rings is 1. The lowest BCUT2D eigenvalue weighted by Gasteiger charge is -2.16. The van der Waals surface area contributed by atoms with E-state index < -0.39 is 0 Å². The predicted octanol–water partition coefficient (Wildman–Crippen LogP) is 2.60. The van der Waals surface area contributed by atoms with Gasteiger partial charge in [-0.2, -0.15) is 9.13 Å². The average Bonchev–Trinajstić information content (AvgIpc) is 3.09. The molecule has 1 N–H and O–H groups in total. The highest BCUT2D eigenvalue weighted by molar-refractivity contribution is 6.29. The van der Waals surface area contributed by atoms with Crippen molar-refractivity contribution in [2.45, 2.75) is 26.6 Å². The van der Waals surface area contributed by atoms with Crippen molar-refractivity contribution in [1.29, 1.82) is 0 Å². The zero-order valence-electron chi connectivity index (χ0n) is 15.0. The minimum atomic E-state index is -0.186. The summed E-state index contributed by atoms with van der Waals surface area (Å²) in [6.07, 6.45) is 1.73. The highest BCUT2D eigenvalue weighted by Crippen LogP contribution is 2.27. The van der Waals surface area contributed by atoms with Crippen LogP contribution < -0.4 is 15.0 Å². The fraction of sp³-hybridized carbons (Fsp3) is 0.250. The van der Waals surface area contributed by atoms with Crippen molar-refractivity contribution in [3.8, 4) is 17.0 Å². The molecule has 1 aromatic carbocycles. The van der Waals surface area contributed by atoms with Gasteiger partial charge in [0.1, 0.15) is 17.3 Å². The van der Waals surface area contributed by atoms with Gasteiger partial charge in [0.15, 0.2) is 0 Å². The molecule has 7 heteroatoms. The van der Waals surface area contributed by atoms with Crippen LogP contribution in [0.5, 0.6) is 5.88 Å². The Bertz CT molecular complexity index is 1030. The summed E-state index contributed by atoms with van der Waals surface area (Å²) in [5.74, 6) is 0.734. The van der Waals surface area contributed by atoms with Crippen LogP contribution in [0.1, 0.15) is 12.5 Å². The van der Waals surface area contributed by atoms with Crippen LogP contribution in [-0.2, 0) is 19.6 Å². The molecule has 27 heavy (non-hydrogen) atoms. The summed E-state index contributed by atoms with van der Waals surface area (Å²) >= 11 is 5.87. The fourth-order valence-electron chi connectivity index (χ4n) is 3.58. The molecule has 3 heterocycles. The van der Waals surface area contributed by atoms with Crippen molar-refractivity contribution in [2.75, 3.05) is 11.4 Å². The van der Waals surface area contributed by atoms with Crippen LogP contribution in [0, 0.1) is 0 Å². The minimum absolute atomic E-state index is 0.0163. The van der Waals surface area contributed by atoms with Gasteiger partial charge in [0, 0.05) is 11.8 Å². The summed E-state index contributed by atoms with van der Waals surface area (Å²) in [6.45, 7) is 4.36. The van der Waals surface area contributed by atoms with Gasteiger partial charge in [0.25, 0.3) is 5.88 Å². The maximum Gasteiger partial charge on any atom is 0.366 e. The highest BCUT2D eigenvalue weighted by Gasteiger charge is 2.36. The Hall–Kier alpha value is -2.86. The second-order valence-corrected chi connectivity index (χ2v) is 6.86. The van der Waals surface area contributed by atoms with E-state index in [0.29, 0.717) is 36.9 Å². The van der Waals surface area contributed by atoms with E-state index in [1.807, 2.05) is 47.9 Å². The molecule has 0 unspecified atom stereocenters. The van der Waals surface area contributed by atoms with Crippen molar-refractivity contribution in [2.24, 2.45) is 0 Å². The molecule has 4 rings (SSSR count). The maximum atomic E-state index is 13.2. The third kappa shape index (κ3) is 3.06. The van der Waals surface area contributed by atoms with E-state index in [1.165, 1.54) is 0 Å². The number of fused-ring (bicyclic) bond motifs is 1. The van der Waals surface area contributed by atoms with Crippen LogP contribution in [0.15, 0.2) is 53.5 Å². The second kappa shape index (κ2) is 7.04. The number of nitrogens with zero attached hydrogens (tertiary/aromatic N) is 4. The molecule has 0 bridgehead atoms. The van der Waals surface area contributed by atoms with Crippen molar-refractivity contribution in [1.82, 2.24) is 9.55 Å². The third-order valence-corrected chi connectivity index (χ3v) is 5.06. The van der Waals surface area contributed by atoms with E-state index in [-0.39, 0.29) is 11.4 Å². The van der Waals surface area contributed by atoms with Crippen LogP contribution in [0.3, 0.4) is 0 Å². The lowest BCUT2D eigenvalue weighted by Crippen LogP contribution is -2.41. The SMILES string of the molecule is CCn1c2[n+](c(O)c(-c3ccccc3)c1=O)CCN2Cc1ccc(Cl)nc1. The third-order valence-electron chi connectivity index (χ3n) is 4.84. The molecule has 0 aliphatic carbocycles. The first-order chi connectivity index (χ1) is 13.1. The smallest absolute Gasteiger partial charge is 0.366 e. The summed E-state index contributed by atoms with van der Waals surface area (Å²) in [4.78, 5) is 19.4. The number of aromatic nitrogens is 3. The van der Waals surface area contributed by atoms with Gasteiger partial charge in [0.2, 0.25) is 0 Å². The monoisotopic (exact) mass is 383 g/mol. The van der Waals surface area contributed by atoms with Gasteiger partial charge in [-0.1, -0.05) is 48.0 Å². The zero-order chi connectivity index (χ0) is 19.0. The Morgan fingerprint density at radius 3 is 2.67 bits per heavy atom. The molecular formula is C20H20ClN4O2+. The van der Waals surface area contributed by atoms with Gasteiger partial charge in [-0.25, -0.2) is 9.78 Å². The standard InChI is InChI=1S/C20H19ClN4O2/c1-2-24-18(26)17(15-6-4-3-5-7-15)19(27)25-11-10-23(20(24)25)13-14-8-9-16(21)22-12-14/h3-9,12H,2,10-11,13H2,1H3/p+1. The molecule has 1 aliphatic heterocycles. The number of hydrogen-bond donors (Lipinski definition) is 1. The summed E-state index contributed by atoms with van der Waals surface area (Å²) in [7, 11) is 0. The van der Waals surface area contributed by atoms with Gasteiger partial charge in [-0.15, -0.1) is 0 Å². The normalized spacial score (nSPS) is 13.0. The molecular weight excluding hydrogens is 364 g/mol. The van der Waals surface area contributed by atoms with E-state index in [0.717, 1.165) is 17.1 Å².